The number of rotatable bonds is 5. The Morgan fingerprint density at radius 2 is 1.89 bits per heavy atom. The van der Waals surface area contributed by atoms with Gasteiger partial charge in [0.05, 0.1) is 0 Å². The highest BCUT2D eigenvalue weighted by Crippen LogP contribution is 2.41. The fourth-order valence-electron chi connectivity index (χ4n) is 2.64. The van der Waals surface area contributed by atoms with Crippen LogP contribution < -0.4 is 10.6 Å². The van der Waals surface area contributed by atoms with Gasteiger partial charge in [0.2, 0.25) is 0 Å². The molecule has 2 aliphatic carbocycles. The molecule has 1 aromatic rings. The lowest BCUT2D eigenvalue weighted by Gasteiger charge is -2.40. The largest absolute Gasteiger partial charge is 0.370 e. The maximum Gasteiger partial charge on any atom is 0.136 e. The standard InChI is InChI=1S/C15H24N4/c1-4-16-12-10(2)13(19-15(3)8-5-9-15)18-14(17-12)11-6-7-11/h11H,4-9H2,1-3H3,(H2,16,17,18,19). The van der Waals surface area contributed by atoms with Crippen LogP contribution in [0.1, 0.15) is 63.3 Å². The summed E-state index contributed by atoms with van der Waals surface area (Å²) in [7, 11) is 0. The molecule has 2 saturated carbocycles. The molecule has 0 atom stereocenters. The van der Waals surface area contributed by atoms with E-state index in [0.29, 0.717) is 5.92 Å². The summed E-state index contributed by atoms with van der Waals surface area (Å²) in [5, 5.41) is 7.02. The summed E-state index contributed by atoms with van der Waals surface area (Å²) >= 11 is 0. The van der Waals surface area contributed by atoms with Gasteiger partial charge < -0.3 is 10.6 Å². The van der Waals surface area contributed by atoms with E-state index in [9.17, 15) is 0 Å². The van der Waals surface area contributed by atoms with E-state index in [-0.39, 0.29) is 5.54 Å². The van der Waals surface area contributed by atoms with E-state index in [0.717, 1.165) is 29.6 Å². The highest BCUT2D eigenvalue weighted by atomic mass is 15.1. The number of aromatic nitrogens is 2. The molecule has 0 saturated heterocycles. The predicted molar refractivity (Wildman–Crippen MR) is 78.8 cm³/mol. The minimum atomic E-state index is 0.240. The molecule has 4 nitrogen and oxygen atoms in total. The first-order chi connectivity index (χ1) is 9.11. The summed E-state index contributed by atoms with van der Waals surface area (Å²) in [5.74, 6) is 3.65. The van der Waals surface area contributed by atoms with E-state index in [2.05, 4.69) is 31.4 Å². The minimum Gasteiger partial charge on any atom is -0.370 e. The van der Waals surface area contributed by atoms with Crippen molar-refractivity contribution in [1.29, 1.82) is 0 Å². The monoisotopic (exact) mass is 260 g/mol. The third-order valence-corrected chi connectivity index (χ3v) is 4.33. The first-order valence-electron chi connectivity index (χ1n) is 7.52. The van der Waals surface area contributed by atoms with E-state index in [1.54, 1.807) is 0 Å². The summed E-state index contributed by atoms with van der Waals surface area (Å²) in [6, 6.07) is 0. The zero-order valence-electron chi connectivity index (χ0n) is 12.2. The Hall–Kier alpha value is -1.32. The third kappa shape index (κ3) is 2.53. The molecule has 0 aliphatic heterocycles. The molecule has 0 aromatic carbocycles. The Bertz CT molecular complexity index is 475. The van der Waals surface area contributed by atoms with Crippen LogP contribution in [0.25, 0.3) is 0 Å². The third-order valence-electron chi connectivity index (χ3n) is 4.33. The topological polar surface area (TPSA) is 49.8 Å². The van der Waals surface area contributed by atoms with Crippen LogP contribution in [0.15, 0.2) is 0 Å². The van der Waals surface area contributed by atoms with Crippen molar-refractivity contribution < 1.29 is 0 Å². The predicted octanol–water partition coefficient (Wildman–Crippen LogP) is 3.45. The van der Waals surface area contributed by atoms with Crippen molar-refractivity contribution in [2.24, 2.45) is 0 Å². The lowest BCUT2D eigenvalue weighted by molar-refractivity contribution is 0.305. The molecular formula is C15H24N4. The van der Waals surface area contributed by atoms with E-state index in [1.165, 1.54) is 32.1 Å². The molecule has 0 amide bonds. The van der Waals surface area contributed by atoms with Crippen molar-refractivity contribution >= 4 is 11.6 Å². The van der Waals surface area contributed by atoms with Gasteiger partial charge in [-0.3, -0.25) is 0 Å². The molecule has 19 heavy (non-hydrogen) atoms. The second-order valence-electron chi connectivity index (χ2n) is 6.25. The quantitative estimate of drug-likeness (QED) is 0.851. The van der Waals surface area contributed by atoms with Crippen molar-refractivity contribution in [3.05, 3.63) is 11.4 Å². The van der Waals surface area contributed by atoms with Crippen LogP contribution in [0.2, 0.25) is 0 Å². The van der Waals surface area contributed by atoms with Crippen molar-refractivity contribution in [3.63, 3.8) is 0 Å². The number of hydrogen-bond donors (Lipinski definition) is 2. The maximum atomic E-state index is 4.78. The normalized spacial score (nSPS) is 20.8. The van der Waals surface area contributed by atoms with Gasteiger partial charge in [-0.25, -0.2) is 9.97 Å². The Labute approximate surface area is 115 Å². The van der Waals surface area contributed by atoms with Gasteiger partial charge in [-0.2, -0.15) is 0 Å². The molecule has 2 aliphatic rings. The fraction of sp³-hybridized carbons (Fsp3) is 0.733. The van der Waals surface area contributed by atoms with E-state index < -0.39 is 0 Å². The lowest BCUT2D eigenvalue weighted by atomic mass is 9.78. The molecule has 3 rings (SSSR count). The summed E-state index contributed by atoms with van der Waals surface area (Å²) < 4.78 is 0. The average molecular weight is 260 g/mol. The number of hydrogen-bond acceptors (Lipinski definition) is 4. The zero-order valence-corrected chi connectivity index (χ0v) is 12.2. The van der Waals surface area contributed by atoms with Crippen molar-refractivity contribution in [1.82, 2.24) is 9.97 Å². The van der Waals surface area contributed by atoms with Crippen LogP contribution in [0, 0.1) is 6.92 Å². The molecule has 0 bridgehead atoms. The molecule has 0 spiro atoms. The molecule has 0 radical (unpaired) electrons. The van der Waals surface area contributed by atoms with Crippen LogP contribution in [0.4, 0.5) is 11.6 Å². The van der Waals surface area contributed by atoms with Gasteiger partial charge in [-0.1, -0.05) is 0 Å². The average Bonchev–Trinajstić information content (AvgIpc) is 3.16. The van der Waals surface area contributed by atoms with Crippen LogP contribution in [-0.2, 0) is 0 Å². The first-order valence-corrected chi connectivity index (χ1v) is 7.52. The Morgan fingerprint density at radius 1 is 1.21 bits per heavy atom. The van der Waals surface area contributed by atoms with Crippen molar-refractivity contribution in [3.8, 4) is 0 Å². The Kier molecular flexibility index (Phi) is 3.11. The fourth-order valence-corrected chi connectivity index (χ4v) is 2.64. The molecular weight excluding hydrogens is 236 g/mol. The van der Waals surface area contributed by atoms with E-state index in [1.807, 2.05) is 0 Å². The molecule has 1 heterocycles. The van der Waals surface area contributed by atoms with Gasteiger partial charge >= 0.3 is 0 Å². The summed E-state index contributed by atoms with van der Waals surface area (Å²) in [6.45, 7) is 7.41. The summed E-state index contributed by atoms with van der Waals surface area (Å²) in [6.07, 6.45) is 6.29. The molecule has 1 aromatic heterocycles. The molecule has 2 N–H and O–H groups in total. The van der Waals surface area contributed by atoms with Crippen LogP contribution in [0.3, 0.4) is 0 Å². The van der Waals surface area contributed by atoms with Gasteiger partial charge in [-0.05, 0) is 52.9 Å². The molecule has 104 valence electrons. The van der Waals surface area contributed by atoms with E-state index >= 15 is 0 Å². The lowest BCUT2D eigenvalue weighted by Crippen LogP contribution is -2.42. The van der Waals surface area contributed by atoms with Crippen molar-refractivity contribution in [2.45, 2.75) is 64.3 Å². The second kappa shape index (κ2) is 4.66. The van der Waals surface area contributed by atoms with Crippen LogP contribution in [0.5, 0.6) is 0 Å². The Balaban J connectivity index is 1.91. The van der Waals surface area contributed by atoms with Crippen LogP contribution >= 0.6 is 0 Å². The molecule has 2 fully saturated rings. The van der Waals surface area contributed by atoms with Crippen LogP contribution in [-0.4, -0.2) is 22.1 Å². The maximum absolute atomic E-state index is 4.78. The van der Waals surface area contributed by atoms with Gasteiger partial charge in [0.15, 0.2) is 0 Å². The second-order valence-corrected chi connectivity index (χ2v) is 6.25. The van der Waals surface area contributed by atoms with Gasteiger partial charge in [0, 0.05) is 23.6 Å². The SMILES string of the molecule is CCNc1nc(C2CC2)nc(NC2(C)CCC2)c1C. The van der Waals surface area contributed by atoms with Gasteiger partial charge in [0.25, 0.3) is 0 Å². The Morgan fingerprint density at radius 3 is 2.42 bits per heavy atom. The highest BCUT2D eigenvalue weighted by molar-refractivity contribution is 5.58. The zero-order chi connectivity index (χ0) is 13.5. The van der Waals surface area contributed by atoms with Crippen molar-refractivity contribution in [2.75, 3.05) is 17.2 Å². The van der Waals surface area contributed by atoms with E-state index in [4.69, 9.17) is 9.97 Å². The van der Waals surface area contributed by atoms with Gasteiger partial charge in [0.1, 0.15) is 17.5 Å². The summed E-state index contributed by atoms with van der Waals surface area (Å²) in [4.78, 5) is 9.48. The highest BCUT2D eigenvalue weighted by Gasteiger charge is 2.34. The molecule has 0 unspecified atom stereocenters. The minimum absolute atomic E-state index is 0.240. The molecule has 4 heteroatoms. The van der Waals surface area contributed by atoms with Gasteiger partial charge in [-0.15, -0.1) is 0 Å². The number of nitrogens with one attached hydrogen (secondary N) is 2. The number of nitrogens with zero attached hydrogens (tertiary/aromatic N) is 2. The smallest absolute Gasteiger partial charge is 0.136 e. The summed E-state index contributed by atoms with van der Waals surface area (Å²) in [5.41, 5.74) is 1.39. The first kappa shape index (κ1) is 12.7. The number of anilines is 2.